The van der Waals surface area contributed by atoms with Gasteiger partial charge in [-0.1, -0.05) is 41.4 Å². The van der Waals surface area contributed by atoms with E-state index >= 15 is 0 Å². The van der Waals surface area contributed by atoms with Gasteiger partial charge in [0.25, 0.3) is 5.56 Å². The molecule has 2 aromatic heterocycles. The monoisotopic (exact) mass is 423 g/mol. The lowest BCUT2D eigenvalue weighted by Crippen LogP contribution is -2.27. The van der Waals surface area contributed by atoms with Crippen LogP contribution in [0.25, 0.3) is 21.3 Å². The molecule has 29 heavy (non-hydrogen) atoms. The van der Waals surface area contributed by atoms with Crippen LogP contribution in [0.4, 0.5) is 5.69 Å². The molecule has 4 aromatic rings. The molecule has 0 aliphatic rings. The molecule has 0 aliphatic heterocycles. The van der Waals surface area contributed by atoms with E-state index in [4.69, 9.17) is 11.6 Å². The van der Waals surface area contributed by atoms with Crippen molar-refractivity contribution in [2.75, 3.05) is 5.32 Å². The van der Waals surface area contributed by atoms with Crippen LogP contribution in [0.2, 0.25) is 5.02 Å². The second-order valence-corrected chi connectivity index (χ2v) is 8.45. The van der Waals surface area contributed by atoms with Crippen molar-refractivity contribution in [3.05, 3.63) is 80.7 Å². The summed E-state index contributed by atoms with van der Waals surface area (Å²) in [6.07, 6.45) is 1.43. The molecule has 4 rings (SSSR count). The van der Waals surface area contributed by atoms with Crippen molar-refractivity contribution < 1.29 is 4.79 Å². The van der Waals surface area contributed by atoms with Gasteiger partial charge >= 0.3 is 0 Å². The third-order valence-corrected chi connectivity index (χ3v) is 5.90. The molecule has 0 spiro atoms. The van der Waals surface area contributed by atoms with Gasteiger partial charge in [-0.2, -0.15) is 0 Å². The lowest BCUT2D eigenvalue weighted by molar-refractivity contribution is -0.116. The zero-order valence-electron chi connectivity index (χ0n) is 15.9. The molecule has 0 saturated carbocycles. The number of carbonyl (C=O) groups excluding carboxylic acids is 1. The van der Waals surface area contributed by atoms with Crippen LogP contribution in [0, 0.1) is 13.8 Å². The number of benzene rings is 2. The number of amides is 1. The highest BCUT2D eigenvalue weighted by Crippen LogP contribution is 2.35. The van der Waals surface area contributed by atoms with Crippen LogP contribution in [-0.2, 0) is 11.3 Å². The first-order valence-electron chi connectivity index (χ1n) is 9.03. The molecule has 0 aliphatic carbocycles. The SMILES string of the molecule is Cc1ccc(-c2c(C)sc3ncn(CC(=O)Nc4ccc(Cl)cc4)c(=O)c23)cc1. The highest BCUT2D eigenvalue weighted by molar-refractivity contribution is 7.19. The summed E-state index contributed by atoms with van der Waals surface area (Å²) in [6, 6.07) is 14.9. The third kappa shape index (κ3) is 3.95. The molecule has 0 bridgehead atoms. The van der Waals surface area contributed by atoms with E-state index in [2.05, 4.69) is 10.3 Å². The fourth-order valence-electron chi connectivity index (χ4n) is 3.21. The average Bonchev–Trinajstić information content (AvgIpc) is 3.03. The Bertz CT molecular complexity index is 1260. The molecule has 0 fully saturated rings. The van der Waals surface area contributed by atoms with Gasteiger partial charge < -0.3 is 5.32 Å². The fourth-order valence-corrected chi connectivity index (χ4v) is 4.34. The zero-order chi connectivity index (χ0) is 20.5. The minimum Gasteiger partial charge on any atom is -0.325 e. The van der Waals surface area contributed by atoms with Crippen LogP contribution < -0.4 is 10.9 Å². The Labute approximate surface area is 176 Å². The number of thiophene rings is 1. The maximum absolute atomic E-state index is 13.2. The number of fused-ring (bicyclic) bond motifs is 1. The second-order valence-electron chi connectivity index (χ2n) is 6.81. The highest BCUT2D eigenvalue weighted by atomic mass is 35.5. The van der Waals surface area contributed by atoms with Gasteiger partial charge in [0.1, 0.15) is 11.4 Å². The first-order chi connectivity index (χ1) is 13.9. The van der Waals surface area contributed by atoms with E-state index in [9.17, 15) is 9.59 Å². The predicted molar refractivity (Wildman–Crippen MR) is 119 cm³/mol. The molecule has 0 radical (unpaired) electrons. The minimum atomic E-state index is -0.306. The van der Waals surface area contributed by atoms with Crippen LogP contribution in [0.15, 0.2) is 59.7 Å². The Hall–Kier alpha value is -2.96. The molecule has 1 amide bonds. The molecular formula is C22H18ClN3O2S. The number of hydrogen-bond acceptors (Lipinski definition) is 4. The van der Waals surface area contributed by atoms with E-state index in [-0.39, 0.29) is 18.0 Å². The molecule has 5 nitrogen and oxygen atoms in total. The quantitative estimate of drug-likeness (QED) is 0.500. The maximum Gasteiger partial charge on any atom is 0.263 e. The summed E-state index contributed by atoms with van der Waals surface area (Å²) in [5.74, 6) is -0.306. The number of hydrogen-bond donors (Lipinski definition) is 1. The summed E-state index contributed by atoms with van der Waals surface area (Å²) in [7, 11) is 0. The molecule has 146 valence electrons. The van der Waals surface area contributed by atoms with Crippen LogP contribution in [0.3, 0.4) is 0 Å². The molecule has 7 heteroatoms. The van der Waals surface area contributed by atoms with Crippen molar-refractivity contribution in [1.29, 1.82) is 0 Å². The smallest absolute Gasteiger partial charge is 0.263 e. The summed E-state index contributed by atoms with van der Waals surface area (Å²) in [4.78, 5) is 31.7. The van der Waals surface area contributed by atoms with Crippen molar-refractivity contribution in [2.45, 2.75) is 20.4 Å². The number of aryl methyl sites for hydroxylation is 2. The van der Waals surface area contributed by atoms with Gasteiger partial charge in [-0.15, -0.1) is 11.3 Å². The molecular weight excluding hydrogens is 406 g/mol. The van der Waals surface area contributed by atoms with Gasteiger partial charge in [0.15, 0.2) is 0 Å². The minimum absolute atomic E-state index is 0.118. The normalized spacial score (nSPS) is 11.0. The Morgan fingerprint density at radius 1 is 1.10 bits per heavy atom. The van der Waals surface area contributed by atoms with Crippen LogP contribution in [-0.4, -0.2) is 15.5 Å². The summed E-state index contributed by atoms with van der Waals surface area (Å²) >= 11 is 7.35. The number of nitrogens with zero attached hydrogens (tertiary/aromatic N) is 2. The number of aromatic nitrogens is 2. The predicted octanol–water partition coefficient (Wildman–Crippen LogP) is 5.03. The van der Waals surface area contributed by atoms with Gasteiger partial charge in [-0.3, -0.25) is 14.2 Å². The molecule has 2 heterocycles. The molecule has 1 N–H and O–H groups in total. The van der Waals surface area contributed by atoms with Crippen molar-refractivity contribution in [2.24, 2.45) is 0 Å². The standard InChI is InChI=1S/C22H18ClN3O2S/c1-13-3-5-15(6-4-13)19-14(2)29-21-20(19)22(28)26(12-24-21)11-18(27)25-17-9-7-16(23)8-10-17/h3-10,12H,11H2,1-2H3,(H,25,27). The number of halogens is 1. The Morgan fingerprint density at radius 2 is 1.79 bits per heavy atom. The summed E-state index contributed by atoms with van der Waals surface area (Å²) in [5.41, 5.74) is 3.41. The van der Waals surface area contributed by atoms with Crippen molar-refractivity contribution >= 4 is 44.7 Å². The maximum atomic E-state index is 13.2. The average molecular weight is 424 g/mol. The Morgan fingerprint density at radius 3 is 2.48 bits per heavy atom. The van der Waals surface area contributed by atoms with Gasteiger partial charge in [-0.25, -0.2) is 4.98 Å². The van der Waals surface area contributed by atoms with Crippen molar-refractivity contribution in [3.63, 3.8) is 0 Å². The number of rotatable bonds is 4. The summed E-state index contributed by atoms with van der Waals surface area (Å²) < 4.78 is 1.34. The lowest BCUT2D eigenvalue weighted by atomic mass is 10.0. The van der Waals surface area contributed by atoms with E-state index in [0.717, 1.165) is 21.6 Å². The molecule has 0 unspecified atom stereocenters. The number of anilines is 1. The Balaban J connectivity index is 1.69. The van der Waals surface area contributed by atoms with E-state index in [1.807, 2.05) is 38.1 Å². The molecule has 0 atom stereocenters. The fraction of sp³-hybridized carbons (Fsp3) is 0.136. The van der Waals surface area contributed by atoms with Gasteiger partial charge in [0.05, 0.1) is 11.7 Å². The first kappa shape index (κ1) is 19.4. The number of nitrogens with one attached hydrogen (secondary N) is 1. The first-order valence-corrected chi connectivity index (χ1v) is 10.2. The van der Waals surface area contributed by atoms with E-state index in [1.54, 1.807) is 24.3 Å². The van der Waals surface area contributed by atoms with Gasteiger partial charge in [0.2, 0.25) is 5.91 Å². The van der Waals surface area contributed by atoms with Crippen molar-refractivity contribution in [3.8, 4) is 11.1 Å². The van der Waals surface area contributed by atoms with Crippen LogP contribution in [0.5, 0.6) is 0 Å². The topological polar surface area (TPSA) is 64.0 Å². The number of carbonyl (C=O) groups is 1. The van der Waals surface area contributed by atoms with Gasteiger partial charge in [0, 0.05) is 21.2 Å². The zero-order valence-corrected chi connectivity index (χ0v) is 17.5. The van der Waals surface area contributed by atoms with Gasteiger partial charge in [-0.05, 0) is 43.7 Å². The largest absolute Gasteiger partial charge is 0.325 e. The molecule has 0 saturated heterocycles. The van der Waals surface area contributed by atoms with Crippen LogP contribution >= 0.6 is 22.9 Å². The van der Waals surface area contributed by atoms with Crippen molar-refractivity contribution in [1.82, 2.24) is 9.55 Å². The second kappa shape index (κ2) is 7.81. The lowest BCUT2D eigenvalue weighted by Gasteiger charge is -2.08. The van der Waals surface area contributed by atoms with E-state index in [0.29, 0.717) is 20.9 Å². The summed E-state index contributed by atoms with van der Waals surface area (Å²) in [6.45, 7) is 3.89. The molecule has 2 aromatic carbocycles. The summed E-state index contributed by atoms with van der Waals surface area (Å²) in [5, 5.41) is 3.91. The van der Waals surface area contributed by atoms with Crippen LogP contribution in [0.1, 0.15) is 10.4 Å². The van der Waals surface area contributed by atoms with E-state index in [1.165, 1.54) is 22.2 Å². The third-order valence-electron chi connectivity index (χ3n) is 4.64. The van der Waals surface area contributed by atoms with E-state index < -0.39 is 0 Å². The Kier molecular flexibility index (Phi) is 5.22. The highest BCUT2D eigenvalue weighted by Gasteiger charge is 2.17.